The van der Waals surface area contributed by atoms with Gasteiger partial charge in [0, 0.05) is 23.1 Å². The van der Waals surface area contributed by atoms with Gasteiger partial charge in [-0.15, -0.1) is 0 Å². The lowest BCUT2D eigenvalue weighted by Gasteiger charge is -2.10. The first-order valence-corrected chi connectivity index (χ1v) is 7.59. The highest BCUT2D eigenvalue weighted by Gasteiger charge is 2.13. The third-order valence-electron chi connectivity index (χ3n) is 4.01. The van der Waals surface area contributed by atoms with Crippen LogP contribution >= 0.6 is 0 Å². The van der Waals surface area contributed by atoms with E-state index in [4.69, 9.17) is 5.41 Å². The minimum Gasteiger partial charge on any atom is -0.507 e. The van der Waals surface area contributed by atoms with Crippen molar-refractivity contribution in [3.8, 4) is 0 Å². The highest BCUT2D eigenvalue weighted by atomic mass is 19.1. The van der Waals surface area contributed by atoms with Crippen molar-refractivity contribution < 1.29 is 23.9 Å². The Morgan fingerprint density at radius 1 is 1.19 bits per heavy atom. The van der Waals surface area contributed by atoms with Crippen molar-refractivity contribution in [3.63, 3.8) is 0 Å². The molecule has 26 heavy (non-hydrogen) atoms. The molecule has 0 fully saturated rings. The van der Waals surface area contributed by atoms with E-state index < -0.39 is 17.4 Å². The van der Waals surface area contributed by atoms with Crippen LogP contribution in [0.5, 0.6) is 0 Å². The zero-order valence-corrected chi connectivity index (χ0v) is 13.6. The third-order valence-corrected chi connectivity index (χ3v) is 4.01. The van der Waals surface area contributed by atoms with E-state index in [0.717, 1.165) is 12.1 Å². The number of aliphatic hydroxyl groups excluding tert-OH is 1. The van der Waals surface area contributed by atoms with Gasteiger partial charge in [0.25, 0.3) is 0 Å². The predicted octanol–water partition coefficient (Wildman–Crippen LogP) is 1.43. The van der Waals surface area contributed by atoms with E-state index in [-0.39, 0.29) is 27.3 Å². The Balaban J connectivity index is 2.41. The number of halogens is 2. The van der Waals surface area contributed by atoms with Gasteiger partial charge in [0.1, 0.15) is 22.7 Å². The number of aromatic nitrogens is 1. The molecule has 0 saturated carbocycles. The molecule has 1 heterocycles. The monoisotopic (exact) mass is 356 g/mol. The lowest BCUT2D eigenvalue weighted by Crippen LogP contribution is -2.46. The number of nitrogens with one attached hydrogen (secondary N) is 1. The Hall–Kier alpha value is -3.48. The van der Waals surface area contributed by atoms with E-state index in [1.54, 1.807) is 6.92 Å². The zero-order chi connectivity index (χ0) is 19.0. The lowest BCUT2D eigenvalue weighted by molar-refractivity contribution is -0.110. The second-order valence-corrected chi connectivity index (χ2v) is 5.75. The summed E-state index contributed by atoms with van der Waals surface area (Å²) in [6.45, 7) is 1.64. The molecule has 0 aliphatic heterocycles. The first kappa shape index (κ1) is 17.3. The van der Waals surface area contributed by atoms with Gasteiger partial charge in [-0.05, 0) is 48.9 Å². The van der Waals surface area contributed by atoms with Gasteiger partial charge in [-0.2, -0.15) is 4.73 Å². The van der Waals surface area contributed by atoms with Crippen LogP contribution in [-0.2, 0) is 4.79 Å². The van der Waals surface area contributed by atoms with Crippen molar-refractivity contribution in [2.75, 3.05) is 0 Å². The number of ketones is 1. The average molecular weight is 356 g/mol. The molecule has 0 radical (unpaired) electrons. The molecule has 2 aromatic rings. The smallest absolute Gasteiger partial charge is 0.178 e. The van der Waals surface area contributed by atoms with Gasteiger partial charge in [-0.25, -0.2) is 8.78 Å². The second-order valence-electron chi connectivity index (χ2n) is 5.75. The molecule has 3 rings (SSSR count). The molecule has 3 N–H and O–H groups in total. The molecular formula is C19H14F2N2O3. The van der Waals surface area contributed by atoms with Gasteiger partial charge in [0.15, 0.2) is 5.78 Å². The molecular weight excluding hydrogens is 342 g/mol. The van der Waals surface area contributed by atoms with E-state index in [0.29, 0.717) is 21.9 Å². The maximum atomic E-state index is 14.0. The summed E-state index contributed by atoms with van der Waals surface area (Å²) in [4.78, 5) is 11.4. The van der Waals surface area contributed by atoms with Crippen LogP contribution < -0.4 is 15.9 Å². The Bertz CT molecular complexity index is 1170. The van der Waals surface area contributed by atoms with E-state index in [2.05, 4.69) is 0 Å². The van der Waals surface area contributed by atoms with Crippen molar-refractivity contribution >= 4 is 17.1 Å². The SMILES string of the molecule is CC1=CC(=O)C=CC1=c1c(=N)c(=C(O)c2ccc(F)cc2F)ccn1O. The molecule has 0 atom stereocenters. The number of nitrogens with zero attached hydrogens (tertiary/aromatic N) is 1. The Morgan fingerprint density at radius 2 is 1.92 bits per heavy atom. The fraction of sp³-hybridized carbons (Fsp3) is 0.0526. The van der Waals surface area contributed by atoms with Gasteiger partial charge >= 0.3 is 0 Å². The summed E-state index contributed by atoms with van der Waals surface area (Å²) < 4.78 is 27.7. The van der Waals surface area contributed by atoms with Gasteiger partial charge in [0.05, 0.1) is 10.9 Å². The quantitative estimate of drug-likeness (QED) is 0.676. The number of rotatable bonds is 1. The fourth-order valence-electron chi connectivity index (χ4n) is 2.73. The largest absolute Gasteiger partial charge is 0.507 e. The summed E-state index contributed by atoms with van der Waals surface area (Å²) >= 11 is 0. The number of hydrogen-bond donors (Lipinski definition) is 3. The summed E-state index contributed by atoms with van der Waals surface area (Å²) in [6.07, 6.45) is 5.28. The predicted molar refractivity (Wildman–Crippen MR) is 89.5 cm³/mol. The number of carbonyl (C=O) groups excluding carboxylic acids is 1. The van der Waals surface area contributed by atoms with Gasteiger partial charge in [0.2, 0.25) is 0 Å². The Kier molecular flexibility index (Phi) is 4.29. The number of carbonyl (C=O) groups is 1. The van der Waals surface area contributed by atoms with Crippen LogP contribution in [0.4, 0.5) is 8.78 Å². The maximum absolute atomic E-state index is 14.0. The van der Waals surface area contributed by atoms with Crippen molar-refractivity contribution in [2.45, 2.75) is 6.92 Å². The fourth-order valence-corrected chi connectivity index (χ4v) is 2.73. The summed E-state index contributed by atoms with van der Waals surface area (Å²) in [6, 6.07) is 3.92. The molecule has 0 amide bonds. The molecule has 5 nitrogen and oxygen atoms in total. The standard InChI is InChI=1S/C19H14F2N2O3/c1-10-8-12(24)3-5-13(10)18-17(22)15(6-7-23(18)26)19(25)14-4-2-11(20)9-16(14)21/h2-9,22,25-26H,1H3. The van der Waals surface area contributed by atoms with Crippen LogP contribution in [-0.4, -0.2) is 20.8 Å². The summed E-state index contributed by atoms with van der Waals surface area (Å²) in [5.74, 6) is -2.55. The number of aliphatic hydroxyl groups is 1. The minimum atomic E-state index is -0.976. The van der Waals surface area contributed by atoms with Crippen LogP contribution in [0.2, 0.25) is 0 Å². The number of benzene rings is 1. The minimum absolute atomic E-state index is 0.0223. The maximum Gasteiger partial charge on any atom is 0.178 e. The van der Waals surface area contributed by atoms with E-state index in [1.165, 1.54) is 30.5 Å². The van der Waals surface area contributed by atoms with E-state index >= 15 is 0 Å². The molecule has 0 bridgehead atoms. The Labute approximate surface area is 146 Å². The summed E-state index contributed by atoms with van der Waals surface area (Å²) in [5.41, 5.74) is 0.665. The normalized spacial score (nSPS) is 17.2. The average Bonchev–Trinajstić information content (AvgIpc) is 2.56. The van der Waals surface area contributed by atoms with Gasteiger partial charge in [-0.3, -0.25) is 10.2 Å². The molecule has 1 aliphatic carbocycles. The molecule has 1 aliphatic rings. The molecule has 0 saturated heterocycles. The van der Waals surface area contributed by atoms with Crippen LogP contribution in [0, 0.1) is 17.0 Å². The Morgan fingerprint density at radius 3 is 2.58 bits per heavy atom. The van der Waals surface area contributed by atoms with Crippen molar-refractivity contribution in [1.82, 2.24) is 4.73 Å². The summed E-state index contributed by atoms with van der Waals surface area (Å²) in [5, 5.41) is 28.5. The number of hydrogen-bond acceptors (Lipinski definition) is 4. The van der Waals surface area contributed by atoms with Crippen molar-refractivity contribution in [3.05, 3.63) is 87.4 Å². The van der Waals surface area contributed by atoms with Crippen LogP contribution in [0.3, 0.4) is 0 Å². The number of pyridine rings is 1. The molecule has 1 aromatic heterocycles. The van der Waals surface area contributed by atoms with E-state index in [1.807, 2.05) is 0 Å². The topological polar surface area (TPSA) is 86.3 Å². The highest BCUT2D eigenvalue weighted by Crippen LogP contribution is 2.16. The van der Waals surface area contributed by atoms with Crippen molar-refractivity contribution in [1.29, 1.82) is 5.41 Å². The van der Waals surface area contributed by atoms with E-state index in [9.17, 15) is 23.9 Å². The molecule has 7 heteroatoms. The zero-order valence-electron chi connectivity index (χ0n) is 13.6. The third kappa shape index (κ3) is 2.95. The highest BCUT2D eigenvalue weighted by molar-refractivity contribution is 6.05. The summed E-state index contributed by atoms with van der Waals surface area (Å²) in [7, 11) is 0. The van der Waals surface area contributed by atoms with Crippen LogP contribution in [0.1, 0.15) is 12.5 Å². The molecule has 1 aromatic carbocycles. The second kappa shape index (κ2) is 6.44. The lowest BCUT2D eigenvalue weighted by atomic mass is 9.99. The number of allylic oxidation sites excluding steroid dienone is 4. The van der Waals surface area contributed by atoms with Gasteiger partial charge in [-0.1, -0.05) is 0 Å². The molecule has 0 spiro atoms. The van der Waals surface area contributed by atoms with Crippen LogP contribution in [0.25, 0.3) is 11.3 Å². The van der Waals surface area contributed by atoms with Gasteiger partial charge < -0.3 is 10.3 Å². The first-order chi connectivity index (χ1) is 12.3. The van der Waals surface area contributed by atoms with Crippen LogP contribution in [0.15, 0.2) is 54.3 Å². The molecule has 0 unspecified atom stereocenters. The molecule has 132 valence electrons. The van der Waals surface area contributed by atoms with Crippen molar-refractivity contribution in [2.24, 2.45) is 0 Å². The first-order valence-electron chi connectivity index (χ1n) is 7.59.